The highest BCUT2D eigenvalue weighted by Crippen LogP contribution is 2.30. The molecule has 0 saturated carbocycles. The van der Waals surface area contributed by atoms with Crippen molar-refractivity contribution in [3.8, 4) is 5.75 Å². The van der Waals surface area contributed by atoms with Crippen molar-refractivity contribution in [3.05, 3.63) is 29.3 Å². The summed E-state index contributed by atoms with van der Waals surface area (Å²) in [5.41, 5.74) is 2.94. The minimum Gasteiger partial charge on any atom is -0.490 e. The molecule has 3 rings (SSSR count). The van der Waals surface area contributed by atoms with E-state index in [0.29, 0.717) is 6.10 Å². The zero-order chi connectivity index (χ0) is 13.1. The van der Waals surface area contributed by atoms with Crippen LogP contribution in [0.15, 0.2) is 18.2 Å². The predicted octanol–water partition coefficient (Wildman–Crippen LogP) is 1.85. The number of rotatable bonds is 3. The van der Waals surface area contributed by atoms with Crippen LogP contribution in [0.5, 0.6) is 5.75 Å². The molecular formula is C16H24N2O. The molecule has 2 heterocycles. The molecular weight excluding hydrogens is 236 g/mol. The van der Waals surface area contributed by atoms with Crippen LogP contribution in [0.2, 0.25) is 0 Å². The van der Waals surface area contributed by atoms with Gasteiger partial charge in [0.2, 0.25) is 0 Å². The molecule has 2 aliphatic heterocycles. The average molecular weight is 260 g/mol. The molecule has 0 spiro atoms. The Balaban J connectivity index is 1.66. The van der Waals surface area contributed by atoms with Crippen LogP contribution in [-0.2, 0) is 12.8 Å². The van der Waals surface area contributed by atoms with Crippen LogP contribution in [0.3, 0.4) is 0 Å². The highest BCUT2D eigenvalue weighted by atomic mass is 16.5. The van der Waals surface area contributed by atoms with Crippen LogP contribution >= 0.6 is 0 Å². The standard InChI is InChI=1S/C16H24N2O/c1-13-5-6-15-14(3-2-4-16(15)19-13)7-10-18-11-8-17-9-12-18/h2-4,13,17H,5-12H2,1H3. The number of hydrogen-bond acceptors (Lipinski definition) is 3. The molecule has 1 atom stereocenters. The highest BCUT2D eigenvalue weighted by molar-refractivity contribution is 5.42. The van der Waals surface area contributed by atoms with Gasteiger partial charge in [0.15, 0.2) is 0 Å². The second-order valence-corrected chi connectivity index (χ2v) is 5.70. The van der Waals surface area contributed by atoms with Gasteiger partial charge < -0.3 is 15.0 Å². The molecule has 1 N–H and O–H groups in total. The number of fused-ring (bicyclic) bond motifs is 1. The molecule has 1 fully saturated rings. The first-order valence-electron chi connectivity index (χ1n) is 7.53. The van der Waals surface area contributed by atoms with Crippen molar-refractivity contribution >= 4 is 0 Å². The molecule has 0 radical (unpaired) electrons. The van der Waals surface area contributed by atoms with E-state index in [-0.39, 0.29) is 0 Å². The van der Waals surface area contributed by atoms with Crippen LogP contribution < -0.4 is 10.1 Å². The molecule has 0 aliphatic carbocycles. The first-order valence-corrected chi connectivity index (χ1v) is 7.53. The van der Waals surface area contributed by atoms with Crippen LogP contribution in [0.4, 0.5) is 0 Å². The van der Waals surface area contributed by atoms with Crippen molar-refractivity contribution in [1.82, 2.24) is 10.2 Å². The second kappa shape index (κ2) is 5.93. The molecule has 19 heavy (non-hydrogen) atoms. The molecule has 0 aromatic heterocycles. The second-order valence-electron chi connectivity index (χ2n) is 5.70. The van der Waals surface area contributed by atoms with Crippen molar-refractivity contribution in [2.75, 3.05) is 32.7 Å². The molecule has 1 aromatic rings. The number of nitrogens with one attached hydrogen (secondary N) is 1. The Kier molecular flexibility index (Phi) is 4.04. The van der Waals surface area contributed by atoms with Gasteiger partial charge in [-0.15, -0.1) is 0 Å². The van der Waals surface area contributed by atoms with Crippen LogP contribution in [0.25, 0.3) is 0 Å². The van der Waals surface area contributed by atoms with E-state index < -0.39 is 0 Å². The molecule has 104 valence electrons. The van der Waals surface area contributed by atoms with Crippen LogP contribution in [0, 0.1) is 0 Å². The van der Waals surface area contributed by atoms with Crippen molar-refractivity contribution in [1.29, 1.82) is 0 Å². The van der Waals surface area contributed by atoms with Gasteiger partial charge in [-0.25, -0.2) is 0 Å². The lowest BCUT2D eigenvalue weighted by Gasteiger charge is -2.29. The maximum Gasteiger partial charge on any atom is 0.123 e. The minimum atomic E-state index is 0.371. The highest BCUT2D eigenvalue weighted by Gasteiger charge is 2.19. The van der Waals surface area contributed by atoms with Gasteiger partial charge in [-0.2, -0.15) is 0 Å². The summed E-state index contributed by atoms with van der Waals surface area (Å²) in [7, 11) is 0. The lowest BCUT2D eigenvalue weighted by atomic mass is 9.95. The fourth-order valence-electron chi connectivity index (χ4n) is 3.08. The van der Waals surface area contributed by atoms with E-state index in [1.54, 1.807) is 0 Å². The van der Waals surface area contributed by atoms with Crippen molar-refractivity contribution in [3.63, 3.8) is 0 Å². The van der Waals surface area contributed by atoms with E-state index >= 15 is 0 Å². The Morgan fingerprint density at radius 1 is 1.32 bits per heavy atom. The smallest absolute Gasteiger partial charge is 0.123 e. The number of nitrogens with zero attached hydrogens (tertiary/aromatic N) is 1. The molecule has 3 nitrogen and oxygen atoms in total. The summed E-state index contributed by atoms with van der Waals surface area (Å²) in [6, 6.07) is 6.55. The number of piperazine rings is 1. The Hall–Kier alpha value is -1.06. The monoisotopic (exact) mass is 260 g/mol. The van der Waals surface area contributed by atoms with Gasteiger partial charge in [-0.3, -0.25) is 0 Å². The fraction of sp³-hybridized carbons (Fsp3) is 0.625. The van der Waals surface area contributed by atoms with Gasteiger partial charge >= 0.3 is 0 Å². The van der Waals surface area contributed by atoms with E-state index in [1.807, 2.05) is 0 Å². The zero-order valence-electron chi connectivity index (χ0n) is 11.8. The van der Waals surface area contributed by atoms with Gasteiger partial charge in [0, 0.05) is 32.7 Å². The van der Waals surface area contributed by atoms with Crippen molar-refractivity contribution in [2.45, 2.75) is 32.3 Å². The molecule has 1 saturated heterocycles. The van der Waals surface area contributed by atoms with Gasteiger partial charge in [0.1, 0.15) is 5.75 Å². The van der Waals surface area contributed by atoms with E-state index in [9.17, 15) is 0 Å². The van der Waals surface area contributed by atoms with Crippen molar-refractivity contribution < 1.29 is 4.74 Å². The predicted molar refractivity (Wildman–Crippen MR) is 77.9 cm³/mol. The quantitative estimate of drug-likeness (QED) is 0.897. The van der Waals surface area contributed by atoms with E-state index in [0.717, 1.165) is 31.7 Å². The molecule has 0 bridgehead atoms. The maximum atomic E-state index is 5.94. The third kappa shape index (κ3) is 3.10. The molecule has 3 heteroatoms. The first kappa shape index (κ1) is 12.9. The summed E-state index contributed by atoms with van der Waals surface area (Å²) in [4.78, 5) is 2.56. The third-order valence-corrected chi connectivity index (χ3v) is 4.27. The Bertz CT molecular complexity index is 427. The third-order valence-electron chi connectivity index (χ3n) is 4.27. The van der Waals surface area contributed by atoms with Gasteiger partial charge in [0.05, 0.1) is 6.10 Å². The summed E-state index contributed by atoms with van der Waals surface area (Å²) >= 11 is 0. The lowest BCUT2D eigenvalue weighted by molar-refractivity contribution is 0.191. The van der Waals surface area contributed by atoms with Crippen LogP contribution in [0.1, 0.15) is 24.5 Å². The summed E-state index contributed by atoms with van der Waals surface area (Å²) in [5.74, 6) is 1.12. The molecule has 1 unspecified atom stereocenters. The summed E-state index contributed by atoms with van der Waals surface area (Å²) in [6.07, 6.45) is 3.85. The number of ether oxygens (including phenoxy) is 1. The molecule has 0 amide bonds. The Labute approximate surface area is 115 Å². The summed E-state index contributed by atoms with van der Waals surface area (Å²) in [6.45, 7) is 7.97. The SMILES string of the molecule is CC1CCc2c(CCN3CCNCC3)cccc2O1. The lowest BCUT2D eigenvalue weighted by Crippen LogP contribution is -2.44. The fourth-order valence-corrected chi connectivity index (χ4v) is 3.08. The van der Waals surface area contributed by atoms with Crippen molar-refractivity contribution in [2.24, 2.45) is 0 Å². The minimum absolute atomic E-state index is 0.371. The average Bonchev–Trinajstić information content (AvgIpc) is 2.45. The largest absolute Gasteiger partial charge is 0.490 e. The number of hydrogen-bond donors (Lipinski definition) is 1. The van der Waals surface area contributed by atoms with Gasteiger partial charge in [0.25, 0.3) is 0 Å². The summed E-state index contributed by atoms with van der Waals surface area (Å²) < 4.78 is 5.94. The topological polar surface area (TPSA) is 24.5 Å². The summed E-state index contributed by atoms with van der Waals surface area (Å²) in [5, 5.41) is 3.41. The van der Waals surface area contributed by atoms with E-state index in [1.165, 1.54) is 37.2 Å². The van der Waals surface area contributed by atoms with Crippen LogP contribution in [-0.4, -0.2) is 43.7 Å². The first-order chi connectivity index (χ1) is 9.33. The van der Waals surface area contributed by atoms with E-state index in [4.69, 9.17) is 4.74 Å². The number of benzene rings is 1. The van der Waals surface area contributed by atoms with Gasteiger partial charge in [-0.1, -0.05) is 12.1 Å². The normalized spacial score (nSPS) is 23.7. The Morgan fingerprint density at radius 3 is 3.00 bits per heavy atom. The maximum absolute atomic E-state index is 5.94. The van der Waals surface area contributed by atoms with Gasteiger partial charge in [-0.05, 0) is 43.4 Å². The van der Waals surface area contributed by atoms with E-state index in [2.05, 4.69) is 35.3 Å². The molecule has 1 aromatic carbocycles. The zero-order valence-corrected chi connectivity index (χ0v) is 11.8. The molecule has 2 aliphatic rings. The Morgan fingerprint density at radius 2 is 2.16 bits per heavy atom.